The number of nitrogens with one attached hydrogen (secondary N) is 2. The van der Waals surface area contributed by atoms with Crippen molar-refractivity contribution >= 4 is 63.7 Å². The van der Waals surface area contributed by atoms with E-state index in [-0.39, 0.29) is 24.9 Å². The SMILES string of the molecule is CS(=O)(=O)N1CCC(c2nccc3cnc4[nH]ccc4c23)C1.O=S(=O)(CC(F)(F)F)N1CCC(c2nccc3cnc4[nH]ccc4c23)C1. The molecule has 12 nitrogen and oxygen atoms in total. The number of H-pyrrole nitrogens is 2. The van der Waals surface area contributed by atoms with Crippen molar-refractivity contribution in [2.75, 3.05) is 38.2 Å². The van der Waals surface area contributed by atoms with Gasteiger partial charge < -0.3 is 9.97 Å². The van der Waals surface area contributed by atoms with Crippen LogP contribution in [-0.2, 0) is 20.0 Å². The summed E-state index contributed by atoms with van der Waals surface area (Å²) in [5.74, 6) is -1.97. The summed E-state index contributed by atoms with van der Waals surface area (Å²) in [6, 6.07) is 7.62. The number of sulfonamides is 2. The van der Waals surface area contributed by atoms with Crippen molar-refractivity contribution in [3.63, 3.8) is 0 Å². The number of rotatable bonds is 5. The van der Waals surface area contributed by atoms with Crippen LogP contribution in [0.2, 0.25) is 0 Å². The van der Waals surface area contributed by atoms with Crippen molar-refractivity contribution in [1.29, 1.82) is 0 Å². The molecule has 17 heteroatoms. The molecule has 0 saturated carbocycles. The lowest BCUT2D eigenvalue weighted by Crippen LogP contribution is -2.36. The molecule has 0 radical (unpaired) electrons. The molecule has 8 rings (SSSR count). The van der Waals surface area contributed by atoms with Crippen LogP contribution in [0.15, 0.2) is 61.4 Å². The third kappa shape index (κ3) is 6.22. The zero-order chi connectivity index (χ0) is 33.8. The summed E-state index contributed by atoms with van der Waals surface area (Å²) in [6.07, 6.45) is 8.29. The Labute approximate surface area is 273 Å². The van der Waals surface area contributed by atoms with E-state index in [0.29, 0.717) is 30.9 Å². The predicted octanol–water partition coefficient (Wildman–Crippen LogP) is 4.65. The lowest BCUT2D eigenvalue weighted by atomic mass is 9.97. The predicted molar refractivity (Wildman–Crippen MR) is 175 cm³/mol. The van der Waals surface area contributed by atoms with Gasteiger partial charge in [-0.05, 0) is 37.1 Å². The molecule has 6 aromatic rings. The first-order chi connectivity index (χ1) is 22.8. The molecule has 2 aliphatic heterocycles. The Morgan fingerprint density at radius 3 is 1.69 bits per heavy atom. The van der Waals surface area contributed by atoms with Crippen LogP contribution in [0.4, 0.5) is 13.2 Å². The molecule has 252 valence electrons. The fourth-order valence-corrected chi connectivity index (χ4v) is 9.04. The van der Waals surface area contributed by atoms with Crippen LogP contribution in [0, 0.1) is 0 Å². The normalized spacial score (nSPS) is 19.8. The van der Waals surface area contributed by atoms with Gasteiger partial charge in [-0.25, -0.2) is 35.4 Å². The molecule has 0 aliphatic carbocycles. The van der Waals surface area contributed by atoms with E-state index in [1.165, 1.54) is 10.6 Å². The first-order valence-corrected chi connectivity index (χ1v) is 18.7. The monoisotopic (exact) mass is 700 g/mol. The third-order valence-electron chi connectivity index (χ3n) is 8.96. The number of nitrogens with zero attached hydrogens (tertiary/aromatic N) is 6. The summed E-state index contributed by atoms with van der Waals surface area (Å²) >= 11 is 0. The van der Waals surface area contributed by atoms with E-state index in [9.17, 15) is 30.0 Å². The molecule has 48 heavy (non-hydrogen) atoms. The van der Waals surface area contributed by atoms with E-state index in [2.05, 4.69) is 29.9 Å². The van der Waals surface area contributed by atoms with E-state index >= 15 is 0 Å². The molecule has 6 aromatic heterocycles. The summed E-state index contributed by atoms with van der Waals surface area (Å²) in [5, 5.41) is 5.74. The largest absolute Gasteiger partial charge is 0.404 e. The first kappa shape index (κ1) is 32.4. The lowest BCUT2D eigenvalue weighted by Gasteiger charge is -2.18. The Morgan fingerprint density at radius 2 is 1.23 bits per heavy atom. The summed E-state index contributed by atoms with van der Waals surface area (Å²) in [6.45, 7) is 1.11. The van der Waals surface area contributed by atoms with Crippen LogP contribution in [0.3, 0.4) is 0 Å². The molecule has 2 atom stereocenters. The maximum atomic E-state index is 12.5. The van der Waals surface area contributed by atoms with E-state index < -0.39 is 32.0 Å². The van der Waals surface area contributed by atoms with Gasteiger partial charge in [-0.1, -0.05) is 0 Å². The van der Waals surface area contributed by atoms with Crippen LogP contribution in [-0.4, -0.2) is 99.7 Å². The van der Waals surface area contributed by atoms with Gasteiger partial charge in [0.2, 0.25) is 20.0 Å². The number of halogens is 3. The molecule has 8 heterocycles. The highest BCUT2D eigenvalue weighted by Crippen LogP contribution is 2.36. The van der Waals surface area contributed by atoms with Crippen molar-refractivity contribution in [2.45, 2.75) is 30.9 Å². The van der Waals surface area contributed by atoms with Gasteiger partial charge in [-0.2, -0.15) is 13.2 Å². The minimum atomic E-state index is -4.75. The quantitative estimate of drug-likeness (QED) is 0.263. The second-order valence-corrected chi connectivity index (χ2v) is 16.1. The van der Waals surface area contributed by atoms with Crippen molar-refractivity contribution in [3.8, 4) is 0 Å². The fraction of sp³-hybridized carbons (Fsp3) is 0.355. The molecule has 0 aromatic carbocycles. The molecular weight excluding hydrogens is 670 g/mol. The topological polar surface area (TPSA) is 158 Å². The van der Waals surface area contributed by atoms with Crippen LogP contribution >= 0.6 is 0 Å². The minimum Gasteiger partial charge on any atom is -0.346 e. The van der Waals surface area contributed by atoms with Crippen LogP contribution in [0.5, 0.6) is 0 Å². The fourth-order valence-electron chi connectivity index (χ4n) is 6.77. The second kappa shape index (κ2) is 12.0. The van der Waals surface area contributed by atoms with Crippen molar-refractivity contribution < 1.29 is 30.0 Å². The van der Waals surface area contributed by atoms with Crippen molar-refractivity contribution in [2.24, 2.45) is 0 Å². The first-order valence-electron chi connectivity index (χ1n) is 15.2. The number of alkyl halides is 3. The van der Waals surface area contributed by atoms with Gasteiger partial charge in [0.25, 0.3) is 0 Å². The number of hydrogen-bond donors (Lipinski definition) is 2. The third-order valence-corrected chi connectivity index (χ3v) is 12.0. The molecule has 0 bridgehead atoms. The smallest absolute Gasteiger partial charge is 0.346 e. The number of aromatic amines is 2. The van der Waals surface area contributed by atoms with Crippen molar-refractivity contribution in [3.05, 3.63) is 72.8 Å². The van der Waals surface area contributed by atoms with Gasteiger partial charge in [-0.3, -0.25) is 9.97 Å². The van der Waals surface area contributed by atoms with Gasteiger partial charge in [0.05, 0.1) is 17.6 Å². The molecule has 2 fully saturated rings. The average Bonchev–Trinajstić information content (AvgIpc) is 3.85. The molecule has 2 unspecified atom stereocenters. The highest BCUT2D eigenvalue weighted by molar-refractivity contribution is 7.89. The van der Waals surface area contributed by atoms with Crippen LogP contribution < -0.4 is 0 Å². The summed E-state index contributed by atoms with van der Waals surface area (Å²) in [7, 11) is -7.52. The summed E-state index contributed by atoms with van der Waals surface area (Å²) in [4.78, 5) is 23.9. The highest BCUT2D eigenvalue weighted by Gasteiger charge is 2.41. The van der Waals surface area contributed by atoms with Gasteiger partial charge >= 0.3 is 6.18 Å². The zero-order valence-electron chi connectivity index (χ0n) is 25.6. The Morgan fingerprint density at radius 1 is 0.750 bits per heavy atom. The van der Waals surface area contributed by atoms with Gasteiger partial charge in [-0.15, -0.1) is 0 Å². The standard InChI is InChI=1S/C16H15F3N4O2S.C15H16N4O2S/c17-16(18,19)9-26(24,25)23-6-3-11(8-23)14-13-10(1-4-20-14)7-22-15-12(13)2-5-21-15;1-22(20,21)19-7-4-11(9-19)14-13-10(2-5-16-14)8-18-15-12(13)3-6-17-15/h1-2,4-5,7,11H,3,6,8-9H2,(H,21,22);2-3,5-6,8,11H,4,7,9H2,1H3,(H,17,18). The number of hydrogen-bond acceptors (Lipinski definition) is 8. The van der Waals surface area contributed by atoms with Gasteiger partial charge in [0, 0.05) is 108 Å². The average molecular weight is 701 g/mol. The van der Waals surface area contributed by atoms with Crippen molar-refractivity contribution in [1.82, 2.24) is 38.5 Å². The molecular formula is C31H31F3N8O4S2. The Kier molecular flexibility index (Phi) is 8.12. The number of aromatic nitrogens is 6. The van der Waals surface area contributed by atoms with Crippen LogP contribution in [0.25, 0.3) is 43.6 Å². The highest BCUT2D eigenvalue weighted by atomic mass is 32.2. The minimum absolute atomic E-state index is 0.00122. The number of pyridine rings is 4. The maximum Gasteiger partial charge on any atom is 0.404 e. The van der Waals surface area contributed by atoms with E-state index in [1.54, 1.807) is 24.8 Å². The Bertz CT molecular complexity index is 2380. The van der Waals surface area contributed by atoms with E-state index in [4.69, 9.17) is 0 Å². The molecule has 2 aliphatic rings. The van der Waals surface area contributed by atoms with Gasteiger partial charge in [0.1, 0.15) is 11.3 Å². The molecule has 2 saturated heterocycles. The summed E-state index contributed by atoms with van der Waals surface area (Å²) in [5.41, 5.74) is 3.18. The molecule has 2 N–H and O–H groups in total. The zero-order valence-corrected chi connectivity index (χ0v) is 27.3. The lowest BCUT2D eigenvalue weighted by molar-refractivity contribution is -0.107. The van der Waals surface area contributed by atoms with E-state index in [1.807, 2.05) is 36.7 Å². The Hall–Kier alpha value is -4.19. The second-order valence-electron chi connectivity index (χ2n) is 12.1. The molecule has 0 amide bonds. The molecule has 0 spiro atoms. The Balaban J connectivity index is 0.000000154. The van der Waals surface area contributed by atoms with Gasteiger partial charge in [0.15, 0.2) is 5.75 Å². The maximum absolute atomic E-state index is 12.5. The van der Waals surface area contributed by atoms with E-state index in [0.717, 1.165) is 54.4 Å². The number of fused-ring (bicyclic) bond motifs is 6. The summed E-state index contributed by atoms with van der Waals surface area (Å²) < 4.78 is 87.6. The van der Waals surface area contributed by atoms with Crippen LogP contribution in [0.1, 0.15) is 36.1 Å².